The van der Waals surface area contributed by atoms with Crippen LogP contribution in [0, 0.1) is 0 Å². The molecule has 1 atom stereocenters. The zero-order chi connectivity index (χ0) is 12.9. The van der Waals surface area contributed by atoms with Gasteiger partial charge in [-0.15, -0.1) is 0 Å². The van der Waals surface area contributed by atoms with Crippen LogP contribution in [0.15, 0.2) is 24.3 Å². The maximum atomic E-state index is 9.63. The Bertz CT molecular complexity index is 324. The Kier molecular flexibility index (Phi) is 4.97. The predicted octanol–water partition coefficient (Wildman–Crippen LogP) is 2.67. The summed E-state index contributed by atoms with van der Waals surface area (Å²) in [6, 6.07) is 7.43. The lowest BCUT2D eigenvalue weighted by Crippen LogP contribution is -2.21. The molecule has 0 saturated heterocycles. The number of hydrogen-bond donors (Lipinski definition) is 2. The summed E-state index contributed by atoms with van der Waals surface area (Å²) < 4.78 is 5.51. The molecule has 0 fully saturated rings. The molecule has 3 heteroatoms. The number of rotatable bonds is 6. The van der Waals surface area contributed by atoms with Crippen molar-refractivity contribution in [3.05, 3.63) is 29.8 Å². The second kappa shape index (κ2) is 6.03. The van der Waals surface area contributed by atoms with Gasteiger partial charge in [-0.3, -0.25) is 0 Å². The van der Waals surface area contributed by atoms with Gasteiger partial charge < -0.3 is 14.9 Å². The molecule has 0 aliphatic carbocycles. The van der Waals surface area contributed by atoms with Gasteiger partial charge in [-0.2, -0.15) is 0 Å². The molecule has 3 nitrogen and oxygen atoms in total. The second-order valence-electron chi connectivity index (χ2n) is 4.90. The van der Waals surface area contributed by atoms with Crippen molar-refractivity contribution < 1.29 is 14.9 Å². The third kappa shape index (κ3) is 5.20. The van der Waals surface area contributed by atoms with E-state index < -0.39 is 11.7 Å². The number of hydrogen-bond acceptors (Lipinski definition) is 3. The van der Waals surface area contributed by atoms with E-state index >= 15 is 0 Å². The monoisotopic (exact) mass is 238 g/mol. The molecule has 0 radical (unpaired) electrons. The number of ether oxygens (including phenoxy) is 1. The number of aliphatic hydroxyl groups is 2. The SMILES string of the molecule is CC[C@H](O)c1ccc(OCCC(C)(C)O)cc1. The summed E-state index contributed by atoms with van der Waals surface area (Å²) in [4.78, 5) is 0. The van der Waals surface area contributed by atoms with Crippen molar-refractivity contribution in [2.75, 3.05) is 6.61 Å². The van der Waals surface area contributed by atoms with Crippen LogP contribution in [0.25, 0.3) is 0 Å². The van der Waals surface area contributed by atoms with E-state index in [9.17, 15) is 10.2 Å². The Balaban J connectivity index is 2.46. The average Bonchev–Trinajstić information content (AvgIpc) is 2.27. The predicted molar refractivity (Wildman–Crippen MR) is 68.1 cm³/mol. The minimum Gasteiger partial charge on any atom is -0.493 e. The molecular formula is C14H22O3. The minimum atomic E-state index is -0.696. The molecule has 0 spiro atoms. The molecule has 0 heterocycles. The highest BCUT2D eigenvalue weighted by atomic mass is 16.5. The Labute approximate surface area is 103 Å². The molecule has 1 aromatic carbocycles. The van der Waals surface area contributed by atoms with Gasteiger partial charge in [0.1, 0.15) is 5.75 Å². The first-order chi connectivity index (χ1) is 7.92. The third-order valence-corrected chi connectivity index (χ3v) is 2.63. The van der Waals surface area contributed by atoms with Crippen LogP contribution in [0.3, 0.4) is 0 Å². The summed E-state index contributed by atoms with van der Waals surface area (Å²) in [5.74, 6) is 0.765. The quantitative estimate of drug-likeness (QED) is 0.801. The topological polar surface area (TPSA) is 49.7 Å². The zero-order valence-electron chi connectivity index (χ0n) is 10.8. The van der Waals surface area contributed by atoms with Crippen LogP contribution in [-0.4, -0.2) is 22.4 Å². The Morgan fingerprint density at radius 1 is 1.24 bits per heavy atom. The Morgan fingerprint density at radius 3 is 2.29 bits per heavy atom. The molecule has 0 aliphatic rings. The summed E-state index contributed by atoms with van der Waals surface area (Å²) in [6.07, 6.45) is 0.894. The van der Waals surface area contributed by atoms with Crippen LogP contribution in [-0.2, 0) is 0 Å². The third-order valence-electron chi connectivity index (χ3n) is 2.63. The lowest BCUT2D eigenvalue weighted by atomic mass is 10.1. The summed E-state index contributed by atoms with van der Waals surface area (Å²) >= 11 is 0. The van der Waals surface area contributed by atoms with Gasteiger partial charge in [0.25, 0.3) is 0 Å². The summed E-state index contributed by atoms with van der Waals surface area (Å²) in [6.45, 7) is 5.95. The molecule has 1 aromatic rings. The van der Waals surface area contributed by atoms with Crippen LogP contribution in [0.1, 0.15) is 45.3 Å². The highest BCUT2D eigenvalue weighted by molar-refractivity contribution is 5.28. The van der Waals surface area contributed by atoms with Gasteiger partial charge in [-0.1, -0.05) is 19.1 Å². The van der Waals surface area contributed by atoms with Crippen molar-refractivity contribution in [3.8, 4) is 5.75 Å². The fraction of sp³-hybridized carbons (Fsp3) is 0.571. The standard InChI is InChI=1S/C14H22O3/c1-4-13(15)11-5-7-12(8-6-11)17-10-9-14(2,3)16/h5-8,13,15-16H,4,9-10H2,1-3H3/t13-/m0/s1. The van der Waals surface area contributed by atoms with Crippen LogP contribution in [0.2, 0.25) is 0 Å². The van der Waals surface area contributed by atoms with Crippen molar-refractivity contribution >= 4 is 0 Å². The van der Waals surface area contributed by atoms with Crippen LogP contribution >= 0.6 is 0 Å². The van der Waals surface area contributed by atoms with Gasteiger partial charge >= 0.3 is 0 Å². The van der Waals surface area contributed by atoms with Gasteiger partial charge in [0.05, 0.1) is 18.3 Å². The average molecular weight is 238 g/mol. The maximum absolute atomic E-state index is 9.63. The molecule has 0 amide bonds. The highest BCUT2D eigenvalue weighted by Gasteiger charge is 2.12. The van der Waals surface area contributed by atoms with E-state index in [0.717, 1.165) is 11.3 Å². The lowest BCUT2D eigenvalue weighted by molar-refractivity contribution is 0.0553. The van der Waals surface area contributed by atoms with Crippen LogP contribution < -0.4 is 4.74 Å². The molecule has 0 bridgehead atoms. The fourth-order valence-corrected chi connectivity index (χ4v) is 1.44. The molecule has 0 unspecified atom stereocenters. The van der Waals surface area contributed by atoms with Crippen molar-refractivity contribution in [3.63, 3.8) is 0 Å². The first-order valence-corrected chi connectivity index (χ1v) is 6.05. The summed E-state index contributed by atoms with van der Waals surface area (Å²) in [5, 5.41) is 19.2. The van der Waals surface area contributed by atoms with Gasteiger partial charge in [0.15, 0.2) is 0 Å². The number of aliphatic hydroxyl groups excluding tert-OH is 1. The molecular weight excluding hydrogens is 216 g/mol. The summed E-state index contributed by atoms with van der Waals surface area (Å²) in [7, 11) is 0. The van der Waals surface area contributed by atoms with Gasteiger partial charge in [-0.05, 0) is 38.0 Å². The van der Waals surface area contributed by atoms with E-state index in [4.69, 9.17) is 4.74 Å². The van der Waals surface area contributed by atoms with Gasteiger partial charge in [-0.25, -0.2) is 0 Å². The molecule has 1 rings (SSSR count). The number of benzene rings is 1. The van der Waals surface area contributed by atoms with E-state index in [2.05, 4.69) is 0 Å². The van der Waals surface area contributed by atoms with Crippen molar-refractivity contribution in [2.24, 2.45) is 0 Å². The van der Waals surface area contributed by atoms with Crippen molar-refractivity contribution in [1.29, 1.82) is 0 Å². The van der Waals surface area contributed by atoms with E-state index in [1.54, 1.807) is 13.8 Å². The molecule has 0 aromatic heterocycles. The van der Waals surface area contributed by atoms with Gasteiger partial charge in [0, 0.05) is 6.42 Å². The van der Waals surface area contributed by atoms with Crippen molar-refractivity contribution in [2.45, 2.75) is 45.3 Å². The molecule has 96 valence electrons. The highest BCUT2D eigenvalue weighted by Crippen LogP contribution is 2.20. The zero-order valence-corrected chi connectivity index (χ0v) is 10.8. The van der Waals surface area contributed by atoms with Crippen LogP contribution in [0.5, 0.6) is 5.75 Å². The van der Waals surface area contributed by atoms with Crippen LogP contribution in [0.4, 0.5) is 0 Å². The lowest BCUT2D eigenvalue weighted by Gasteiger charge is -2.17. The largest absolute Gasteiger partial charge is 0.493 e. The fourth-order valence-electron chi connectivity index (χ4n) is 1.44. The maximum Gasteiger partial charge on any atom is 0.119 e. The normalized spacial score (nSPS) is 13.5. The Hall–Kier alpha value is -1.06. The van der Waals surface area contributed by atoms with Crippen molar-refractivity contribution in [1.82, 2.24) is 0 Å². The molecule has 17 heavy (non-hydrogen) atoms. The second-order valence-corrected chi connectivity index (χ2v) is 4.90. The van der Waals surface area contributed by atoms with E-state index in [-0.39, 0.29) is 0 Å². The van der Waals surface area contributed by atoms with E-state index in [0.29, 0.717) is 19.4 Å². The first kappa shape index (κ1) is 14.0. The smallest absolute Gasteiger partial charge is 0.119 e. The van der Waals surface area contributed by atoms with E-state index in [1.165, 1.54) is 0 Å². The molecule has 2 N–H and O–H groups in total. The first-order valence-electron chi connectivity index (χ1n) is 6.05. The van der Waals surface area contributed by atoms with E-state index in [1.807, 2.05) is 31.2 Å². The minimum absolute atomic E-state index is 0.402. The molecule has 0 aliphatic heterocycles. The summed E-state index contributed by atoms with van der Waals surface area (Å²) in [5.41, 5.74) is 0.209. The Morgan fingerprint density at radius 2 is 1.82 bits per heavy atom. The molecule has 0 saturated carbocycles. The van der Waals surface area contributed by atoms with Gasteiger partial charge in [0.2, 0.25) is 0 Å².